The highest BCUT2D eigenvalue weighted by atomic mass is 32.2. The molecule has 0 bridgehead atoms. The number of carbonyl (C=O) groups excluding carboxylic acids is 2. The van der Waals surface area contributed by atoms with Crippen molar-refractivity contribution in [2.45, 2.75) is 19.9 Å². The molecule has 1 amide bonds. The second-order valence-electron chi connectivity index (χ2n) is 8.61. The van der Waals surface area contributed by atoms with E-state index >= 15 is 0 Å². The van der Waals surface area contributed by atoms with Gasteiger partial charge in [-0.1, -0.05) is 19.1 Å². The Morgan fingerprint density at radius 2 is 1.90 bits per heavy atom. The normalized spacial score (nSPS) is 11.9. The number of benzene rings is 2. The van der Waals surface area contributed by atoms with Gasteiger partial charge < -0.3 is 23.8 Å². The highest BCUT2D eigenvalue weighted by Crippen LogP contribution is 2.34. The van der Waals surface area contributed by atoms with Crippen LogP contribution in [0.1, 0.15) is 38.9 Å². The van der Waals surface area contributed by atoms with Gasteiger partial charge in [-0.3, -0.25) is 9.00 Å². The molecule has 0 saturated carbocycles. The van der Waals surface area contributed by atoms with Crippen LogP contribution in [0.5, 0.6) is 5.75 Å². The van der Waals surface area contributed by atoms with Gasteiger partial charge in [0, 0.05) is 30.4 Å². The summed E-state index contributed by atoms with van der Waals surface area (Å²) in [6.07, 6.45) is 0.505. The van der Waals surface area contributed by atoms with Crippen LogP contribution in [0.25, 0.3) is 22.4 Å². The van der Waals surface area contributed by atoms with E-state index < -0.39 is 29.0 Å². The SMILES string of the molecule is CCc1cc2c(C(=O)NC)c(-c3ccc(F)cc3)oc2nc1CN(CCOc1ccccc1C(=O)OC)S(=O)[O-]. The largest absolute Gasteiger partial charge is 0.760 e. The highest BCUT2D eigenvalue weighted by Gasteiger charge is 2.24. The summed E-state index contributed by atoms with van der Waals surface area (Å²) in [5, 5.41) is 3.05. The molecule has 0 radical (unpaired) electrons. The number of ether oxygens (including phenoxy) is 2. The first kappa shape index (κ1) is 28.9. The van der Waals surface area contributed by atoms with Gasteiger partial charge in [0.1, 0.15) is 29.5 Å². The number of amides is 1. The van der Waals surface area contributed by atoms with E-state index in [0.717, 1.165) is 9.87 Å². The fourth-order valence-electron chi connectivity index (χ4n) is 4.20. The van der Waals surface area contributed by atoms with E-state index in [2.05, 4.69) is 10.3 Å². The summed E-state index contributed by atoms with van der Waals surface area (Å²) >= 11 is -2.62. The van der Waals surface area contributed by atoms with E-state index in [4.69, 9.17) is 13.9 Å². The maximum absolute atomic E-state index is 13.5. The standard InChI is InChI=1S/C28H28FN3O7S/c1-4-17-15-21-24(26(33)30-2)25(18-9-11-19(29)12-10-18)39-27(21)31-22(17)16-32(40(35)36)13-14-38-23-8-6-5-7-20(23)28(34)37-3/h5-12,15H,4,13-14,16H2,1-3H3,(H,30,33)(H,35,36)/p-1. The number of carbonyl (C=O) groups is 2. The van der Waals surface area contributed by atoms with Gasteiger partial charge in [-0.15, -0.1) is 0 Å². The lowest BCUT2D eigenvalue weighted by molar-refractivity contribution is 0.0595. The molecule has 210 valence electrons. The summed E-state index contributed by atoms with van der Waals surface area (Å²) in [6.45, 7) is 1.73. The molecular formula is C28H27FN3O7S-. The fraction of sp³-hybridized carbons (Fsp3) is 0.250. The van der Waals surface area contributed by atoms with Crippen LogP contribution in [-0.4, -0.2) is 57.2 Å². The fourth-order valence-corrected chi connectivity index (χ4v) is 4.65. The number of nitrogens with zero attached hydrogens (tertiary/aromatic N) is 2. The predicted octanol–water partition coefficient (Wildman–Crippen LogP) is 4.02. The number of aromatic nitrogens is 1. The number of aryl methyl sites for hydroxylation is 1. The van der Waals surface area contributed by atoms with Crippen molar-refractivity contribution in [2.75, 3.05) is 27.3 Å². The van der Waals surface area contributed by atoms with E-state index in [0.29, 0.717) is 23.1 Å². The predicted molar refractivity (Wildman–Crippen MR) is 145 cm³/mol. The van der Waals surface area contributed by atoms with Crippen LogP contribution in [0, 0.1) is 5.82 Å². The molecule has 40 heavy (non-hydrogen) atoms. The van der Waals surface area contributed by atoms with Crippen molar-refractivity contribution in [3.8, 4) is 17.1 Å². The monoisotopic (exact) mass is 568 g/mol. The molecule has 12 heteroatoms. The number of furan rings is 1. The summed E-state index contributed by atoms with van der Waals surface area (Å²) < 4.78 is 55.3. The molecule has 2 aromatic carbocycles. The number of halogens is 1. The molecule has 0 aliphatic rings. The van der Waals surface area contributed by atoms with Gasteiger partial charge in [-0.05, 0) is 54.4 Å². The Morgan fingerprint density at radius 3 is 2.55 bits per heavy atom. The van der Waals surface area contributed by atoms with Crippen LogP contribution in [0.2, 0.25) is 0 Å². The number of para-hydroxylation sites is 1. The average molecular weight is 569 g/mol. The van der Waals surface area contributed by atoms with Crippen molar-refractivity contribution < 1.29 is 36.6 Å². The van der Waals surface area contributed by atoms with Gasteiger partial charge >= 0.3 is 5.97 Å². The Hall–Kier alpha value is -4.13. The molecule has 1 N–H and O–H groups in total. The van der Waals surface area contributed by atoms with E-state index in [1.165, 1.54) is 38.4 Å². The van der Waals surface area contributed by atoms with Crippen molar-refractivity contribution in [3.63, 3.8) is 0 Å². The Kier molecular flexibility index (Phi) is 9.25. The Morgan fingerprint density at radius 1 is 1.18 bits per heavy atom. The van der Waals surface area contributed by atoms with Crippen molar-refractivity contribution >= 4 is 34.2 Å². The quantitative estimate of drug-likeness (QED) is 0.212. The lowest BCUT2D eigenvalue weighted by Crippen LogP contribution is -2.31. The zero-order valence-electron chi connectivity index (χ0n) is 22.1. The molecule has 1 atom stereocenters. The molecule has 4 rings (SSSR count). The van der Waals surface area contributed by atoms with E-state index in [-0.39, 0.29) is 48.0 Å². The smallest absolute Gasteiger partial charge is 0.341 e. The van der Waals surface area contributed by atoms with Crippen molar-refractivity contribution in [1.82, 2.24) is 14.6 Å². The van der Waals surface area contributed by atoms with Crippen LogP contribution in [0.4, 0.5) is 4.39 Å². The lowest BCUT2D eigenvalue weighted by atomic mass is 10.0. The minimum Gasteiger partial charge on any atom is -0.760 e. The van der Waals surface area contributed by atoms with Crippen molar-refractivity contribution in [3.05, 3.63) is 82.8 Å². The first-order chi connectivity index (χ1) is 19.3. The molecular weight excluding hydrogens is 541 g/mol. The van der Waals surface area contributed by atoms with Gasteiger partial charge in [0.15, 0.2) is 0 Å². The summed E-state index contributed by atoms with van der Waals surface area (Å²) in [7, 11) is 2.75. The summed E-state index contributed by atoms with van der Waals surface area (Å²) in [4.78, 5) is 29.4. The third-order valence-corrected chi connectivity index (χ3v) is 6.95. The number of esters is 1. The number of hydrogen-bond donors (Lipinski definition) is 1. The molecule has 4 aromatic rings. The number of hydrogen-bond acceptors (Lipinski definition) is 8. The Balaban J connectivity index is 1.63. The minimum absolute atomic E-state index is 0.0308. The molecule has 0 aliphatic heterocycles. The maximum Gasteiger partial charge on any atom is 0.341 e. The molecule has 1 unspecified atom stereocenters. The van der Waals surface area contributed by atoms with Crippen LogP contribution in [0.3, 0.4) is 0 Å². The molecule has 2 aromatic heterocycles. The van der Waals surface area contributed by atoms with Crippen LogP contribution >= 0.6 is 0 Å². The third-order valence-electron chi connectivity index (χ3n) is 6.22. The molecule has 0 saturated heterocycles. The van der Waals surface area contributed by atoms with E-state index in [1.54, 1.807) is 30.3 Å². The Labute approximate surface area is 232 Å². The number of pyridine rings is 1. The van der Waals surface area contributed by atoms with E-state index in [1.807, 2.05) is 6.92 Å². The van der Waals surface area contributed by atoms with Gasteiger partial charge in [0.05, 0.1) is 30.3 Å². The van der Waals surface area contributed by atoms with Crippen LogP contribution in [-0.2, 0) is 29.0 Å². The summed E-state index contributed by atoms with van der Waals surface area (Å²) in [5.41, 5.74) is 2.27. The zero-order valence-corrected chi connectivity index (χ0v) is 22.9. The summed E-state index contributed by atoms with van der Waals surface area (Å²) in [5.74, 6) is -0.909. The van der Waals surface area contributed by atoms with Crippen LogP contribution < -0.4 is 10.1 Å². The van der Waals surface area contributed by atoms with Gasteiger partial charge in [-0.25, -0.2) is 18.5 Å². The number of fused-ring (bicyclic) bond motifs is 1. The van der Waals surface area contributed by atoms with Crippen molar-refractivity contribution in [2.24, 2.45) is 0 Å². The molecule has 0 aliphatic carbocycles. The topological polar surface area (TPSA) is 134 Å². The summed E-state index contributed by atoms with van der Waals surface area (Å²) in [6, 6.07) is 13.8. The third kappa shape index (κ3) is 6.19. The second kappa shape index (κ2) is 12.8. The second-order valence-corrected chi connectivity index (χ2v) is 9.56. The molecule has 0 fully saturated rings. The first-order valence-electron chi connectivity index (χ1n) is 12.3. The number of nitrogens with one attached hydrogen (secondary N) is 1. The maximum atomic E-state index is 13.5. The minimum atomic E-state index is -2.62. The molecule has 2 heterocycles. The number of rotatable bonds is 11. The van der Waals surface area contributed by atoms with Crippen LogP contribution in [0.15, 0.2) is 59.0 Å². The average Bonchev–Trinajstić information content (AvgIpc) is 3.34. The Bertz CT molecular complexity index is 1560. The molecule has 0 spiro atoms. The van der Waals surface area contributed by atoms with E-state index in [9.17, 15) is 22.7 Å². The van der Waals surface area contributed by atoms with Gasteiger partial charge in [0.25, 0.3) is 5.91 Å². The molecule has 10 nitrogen and oxygen atoms in total. The lowest BCUT2D eigenvalue weighted by Gasteiger charge is -2.24. The van der Waals surface area contributed by atoms with Gasteiger partial charge in [-0.2, -0.15) is 0 Å². The van der Waals surface area contributed by atoms with Gasteiger partial charge in [0.2, 0.25) is 5.71 Å². The first-order valence-corrected chi connectivity index (χ1v) is 13.4. The zero-order chi connectivity index (χ0) is 28.8. The van der Waals surface area contributed by atoms with Crippen molar-refractivity contribution in [1.29, 1.82) is 0 Å². The number of methoxy groups -OCH3 is 1. The highest BCUT2D eigenvalue weighted by molar-refractivity contribution is 7.76.